The molecule has 0 amide bonds. The molecule has 1 aromatic carbocycles. The molecule has 0 aliphatic carbocycles. The summed E-state index contributed by atoms with van der Waals surface area (Å²) in [5.74, 6) is 0. The summed E-state index contributed by atoms with van der Waals surface area (Å²) >= 11 is 0. The third-order valence-electron chi connectivity index (χ3n) is 2.58. The first-order chi connectivity index (χ1) is 8.47. The molecule has 0 aliphatic heterocycles. The minimum Gasteiger partial charge on any atom is -0.316 e. The van der Waals surface area contributed by atoms with Gasteiger partial charge in [0, 0.05) is 12.0 Å². The summed E-state index contributed by atoms with van der Waals surface area (Å²) in [5, 5.41) is 7.54. The SMILES string of the molecule is C=C/C(=N\Nc1cccc(CNC)c1)C(C)(C)C. The fourth-order valence-electron chi connectivity index (χ4n) is 1.60. The quantitative estimate of drug-likeness (QED) is 0.616. The molecule has 0 heterocycles. The predicted molar refractivity (Wildman–Crippen MR) is 79.9 cm³/mol. The largest absolute Gasteiger partial charge is 0.316 e. The van der Waals surface area contributed by atoms with E-state index in [1.807, 2.05) is 19.2 Å². The summed E-state index contributed by atoms with van der Waals surface area (Å²) in [4.78, 5) is 0. The van der Waals surface area contributed by atoms with Gasteiger partial charge in [-0.1, -0.05) is 39.5 Å². The van der Waals surface area contributed by atoms with E-state index in [1.54, 1.807) is 6.08 Å². The molecule has 3 heteroatoms. The van der Waals surface area contributed by atoms with Crippen LogP contribution in [0.4, 0.5) is 5.69 Å². The molecule has 0 unspecified atom stereocenters. The topological polar surface area (TPSA) is 36.4 Å². The minimum absolute atomic E-state index is 0.00264. The van der Waals surface area contributed by atoms with E-state index in [1.165, 1.54) is 5.56 Å². The van der Waals surface area contributed by atoms with Crippen LogP contribution in [-0.2, 0) is 6.54 Å². The Balaban J connectivity index is 2.81. The number of nitrogens with zero attached hydrogens (tertiary/aromatic N) is 1. The predicted octanol–water partition coefficient (Wildman–Crippen LogP) is 3.41. The van der Waals surface area contributed by atoms with Gasteiger partial charge in [-0.25, -0.2) is 0 Å². The van der Waals surface area contributed by atoms with Crippen LogP contribution in [0.15, 0.2) is 42.0 Å². The number of allylic oxidation sites excluding steroid dienone is 1. The summed E-state index contributed by atoms with van der Waals surface area (Å²) < 4.78 is 0. The van der Waals surface area contributed by atoms with Gasteiger partial charge in [-0.3, -0.25) is 5.43 Å². The van der Waals surface area contributed by atoms with Crippen molar-refractivity contribution in [3.8, 4) is 0 Å². The highest BCUT2D eigenvalue weighted by atomic mass is 15.3. The molecular weight excluding hydrogens is 222 g/mol. The van der Waals surface area contributed by atoms with Crippen LogP contribution in [-0.4, -0.2) is 12.8 Å². The van der Waals surface area contributed by atoms with Crippen molar-refractivity contribution in [1.82, 2.24) is 5.32 Å². The zero-order valence-electron chi connectivity index (χ0n) is 11.7. The molecule has 3 nitrogen and oxygen atoms in total. The van der Waals surface area contributed by atoms with Crippen molar-refractivity contribution in [3.63, 3.8) is 0 Å². The number of hydrogen-bond acceptors (Lipinski definition) is 3. The Morgan fingerprint density at radius 2 is 2.11 bits per heavy atom. The van der Waals surface area contributed by atoms with E-state index < -0.39 is 0 Å². The monoisotopic (exact) mass is 245 g/mol. The first kappa shape index (κ1) is 14.5. The van der Waals surface area contributed by atoms with Crippen LogP contribution >= 0.6 is 0 Å². The van der Waals surface area contributed by atoms with E-state index in [-0.39, 0.29) is 5.41 Å². The van der Waals surface area contributed by atoms with E-state index >= 15 is 0 Å². The Morgan fingerprint density at radius 3 is 2.67 bits per heavy atom. The Bertz CT molecular complexity index is 428. The van der Waals surface area contributed by atoms with Crippen molar-refractivity contribution in [3.05, 3.63) is 42.5 Å². The molecule has 0 aliphatic rings. The molecular formula is C15H23N3. The maximum Gasteiger partial charge on any atom is 0.0654 e. The average molecular weight is 245 g/mol. The van der Waals surface area contributed by atoms with E-state index in [2.05, 4.69) is 55.3 Å². The van der Waals surface area contributed by atoms with E-state index in [0.29, 0.717) is 0 Å². The average Bonchev–Trinajstić information content (AvgIpc) is 2.29. The van der Waals surface area contributed by atoms with Crippen LogP contribution in [0.2, 0.25) is 0 Å². The maximum atomic E-state index is 4.41. The van der Waals surface area contributed by atoms with Crippen LogP contribution in [0, 0.1) is 5.41 Å². The van der Waals surface area contributed by atoms with Gasteiger partial charge in [0.05, 0.1) is 11.4 Å². The van der Waals surface area contributed by atoms with Gasteiger partial charge in [-0.05, 0) is 30.8 Å². The van der Waals surface area contributed by atoms with E-state index in [4.69, 9.17) is 0 Å². The molecule has 1 aromatic rings. The Hall–Kier alpha value is -1.61. The van der Waals surface area contributed by atoms with Gasteiger partial charge >= 0.3 is 0 Å². The molecule has 0 spiro atoms. The second-order valence-electron chi connectivity index (χ2n) is 5.29. The number of hydrogen-bond donors (Lipinski definition) is 2. The van der Waals surface area contributed by atoms with Crippen LogP contribution in [0.1, 0.15) is 26.3 Å². The Morgan fingerprint density at radius 1 is 1.39 bits per heavy atom. The zero-order valence-corrected chi connectivity index (χ0v) is 11.7. The summed E-state index contributed by atoms with van der Waals surface area (Å²) in [7, 11) is 1.94. The van der Waals surface area contributed by atoms with Gasteiger partial charge in [0.2, 0.25) is 0 Å². The van der Waals surface area contributed by atoms with Crippen molar-refractivity contribution >= 4 is 11.4 Å². The highest BCUT2D eigenvalue weighted by Crippen LogP contribution is 2.18. The van der Waals surface area contributed by atoms with Crippen LogP contribution in [0.5, 0.6) is 0 Å². The lowest BCUT2D eigenvalue weighted by atomic mass is 9.90. The Kier molecular flexibility index (Phi) is 5.10. The first-order valence-corrected chi connectivity index (χ1v) is 6.17. The third kappa shape index (κ3) is 4.34. The van der Waals surface area contributed by atoms with E-state index in [9.17, 15) is 0 Å². The molecule has 0 aromatic heterocycles. The molecule has 18 heavy (non-hydrogen) atoms. The Labute approximate surface area is 110 Å². The van der Waals surface area contributed by atoms with Gasteiger partial charge in [0.25, 0.3) is 0 Å². The van der Waals surface area contributed by atoms with Crippen molar-refractivity contribution in [2.75, 3.05) is 12.5 Å². The molecule has 0 saturated carbocycles. The van der Waals surface area contributed by atoms with Gasteiger partial charge < -0.3 is 5.32 Å². The summed E-state index contributed by atoms with van der Waals surface area (Å²) in [5.41, 5.74) is 6.26. The van der Waals surface area contributed by atoms with Gasteiger partial charge in [0.15, 0.2) is 0 Å². The summed E-state index contributed by atoms with van der Waals surface area (Å²) in [6.07, 6.45) is 1.80. The van der Waals surface area contributed by atoms with Gasteiger partial charge in [-0.2, -0.15) is 5.10 Å². The van der Waals surface area contributed by atoms with Crippen molar-refractivity contribution in [1.29, 1.82) is 0 Å². The van der Waals surface area contributed by atoms with Crippen LogP contribution in [0.3, 0.4) is 0 Å². The highest BCUT2D eigenvalue weighted by Gasteiger charge is 2.15. The fourth-order valence-corrected chi connectivity index (χ4v) is 1.60. The smallest absolute Gasteiger partial charge is 0.0654 e. The normalized spacial score (nSPS) is 12.3. The lowest BCUT2D eigenvalue weighted by Gasteiger charge is -2.18. The fraction of sp³-hybridized carbons (Fsp3) is 0.400. The van der Waals surface area contributed by atoms with Crippen molar-refractivity contribution < 1.29 is 0 Å². The highest BCUT2D eigenvalue weighted by molar-refractivity contribution is 5.98. The van der Waals surface area contributed by atoms with Gasteiger partial charge in [0.1, 0.15) is 0 Å². The van der Waals surface area contributed by atoms with E-state index in [0.717, 1.165) is 17.9 Å². The number of benzene rings is 1. The summed E-state index contributed by atoms with van der Waals surface area (Å²) in [6.45, 7) is 11.0. The molecule has 0 radical (unpaired) electrons. The molecule has 0 bridgehead atoms. The van der Waals surface area contributed by atoms with Crippen LogP contribution < -0.4 is 10.7 Å². The molecule has 0 saturated heterocycles. The standard InChI is InChI=1S/C15H23N3/c1-6-14(15(2,3)4)18-17-13-9-7-8-12(10-13)11-16-5/h6-10,16-17H,1,11H2,2-5H3/b18-14+. The second kappa shape index (κ2) is 6.36. The lowest BCUT2D eigenvalue weighted by Crippen LogP contribution is -2.19. The summed E-state index contributed by atoms with van der Waals surface area (Å²) in [6, 6.07) is 8.20. The lowest BCUT2D eigenvalue weighted by molar-refractivity contribution is 0.593. The van der Waals surface area contributed by atoms with Gasteiger partial charge in [-0.15, -0.1) is 0 Å². The number of rotatable bonds is 5. The molecule has 0 fully saturated rings. The molecule has 98 valence electrons. The molecule has 0 atom stereocenters. The second-order valence-corrected chi connectivity index (χ2v) is 5.29. The third-order valence-corrected chi connectivity index (χ3v) is 2.58. The first-order valence-electron chi connectivity index (χ1n) is 6.17. The zero-order chi connectivity index (χ0) is 13.6. The van der Waals surface area contributed by atoms with Crippen molar-refractivity contribution in [2.45, 2.75) is 27.3 Å². The molecule has 1 rings (SSSR count). The maximum absolute atomic E-state index is 4.41. The number of anilines is 1. The number of hydrazone groups is 1. The number of nitrogens with one attached hydrogen (secondary N) is 2. The minimum atomic E-state index is -0.00264. The van der Waals surface area contributed by atoms with Crippen LogP contribution in [0.25, 0.3) is 0 Å². The molecule has 2 N–H and O–H groups in total. The van der Waals surface area contributed by atoms with Crippen molar-refractivity contribution in [2.24, 2.45) is 10.5 Å².